The first-order valence-electron chi connectivity index (χ1n) is 4.48. The van der Waals surface area contributed by atoms with Crippen LogP contribution >= 0.6 is 28.3 Å². The summed E-state index contributed by atoms with van der Waals surface area (Å²) in [4.78, 5) is 4.48. The van der Waals surface area contributed by atoms with Crippen LogP contribution in [0.15, 0.2) is 34.8 Å². The fourth-order valence-corrected chi connectivity index (χ4v) is 1.71. The highest BCUT2D eigenvalue weighted by Gasteiger charge is 2.02. The fourth-order valence-electron chi connectivity index (χ4n) is 1.36. The van der Waals surface area contributed by atoms with E-state index in [0.717, 1.165) is 21.1 Å². The molecule has 0 radical (unpaired) electrons. The maximum Gasteiger partial charge on any atom is 0.0717 e. The van der Waals surface area contributed by atoms with Crippen molar-refractivity contribution in [2.45, 2.75) is 13.0 Å². The SMILES string of the molecule is C[C@@H](N)c1ccc2ccc(Br)cc2n1.Cl. The number of rotatable bonds is 1. The molecule has 0 saturated carbocycles. The lowest BCUT2D eigenvalue weighted by atomic mass is 10.1. The quantitative estimate of drug-likeness (QED) is 0.872. The molecule has 0 spiro atoms. The average molecular weight is 288 g/mol. The molecular weight excluding hydrogens is 275 g/mol. The number of hydrogen-bond donors (Lipinski definition) is 1. The Morgan fingerprint density at radius 2 is 1.93 bits per heavy atom. The summed E-state index contributed by atoms with van der Waals surface area (Å²) in [6.07, 6.45) is 0. The van der Waals surface area contributed by atoms with Crippen LogP contribution in [-0.4, -0.2) is 4.98 Å². The molecule has 0 amide bonds. The number of fused-ring (bicyclic) bond motifs is 1. The Morgan fingerprint density at radius 1 is 1.27 bits per heavy atom. The molecule has 1 aromatic heterocycles. The summed E-state index contributed by atoms with van der Waals surface area (Å²) in [6.45, 7) is 1.94. The van der Waals surface area contributed by atoms with E-state index in [0.29, 0.717) is 0 Å². The van der Waals surface area contributed by atoms with Gasteiger partial charge in [0.15, 0.2) is 0 Å². The number of benzene rings is 1. The first kappa shape index (κ1) is 12.4. The molecule has 1 aromatic carbocycles. The lowest BCUT2D eigenvalue weighted by Gasteiger charge is -2.05. The lowest BCUT2D eigenvalue weighted by Crippen LogP contribution is -2.06. The molecule has 0 aliphatic rings. The molecule has 1 atom stereocenters. The van der Waals surface area contributed by atoms with E-state index in [2.05, 4.69) is 20.9 Å². The minimum atomic E-state index is -0.0154. The Hall–Kier alpha value is -0.640. The summed E-state index contributed by atoms with van der Waals surface area (Å²) in [5, 5.41) is 1.14. The second-order valence-electron chi connectivity index (χ2n) is 3.36. The second-order valence-corrected chi connectivity index (χ2v) is 4.28. The summed E-state index contributed by atoms with van der Waals surface area (Å²) in [6, 6.07) is 10.1. The number of nitrogens with zero attached hydrogens (tertiary/aromatic N) is 1. The van der Waals surface area contributed by atoms with E-state index in [1.807, 2.05) is 37.3 Å². The zero-order valence-corrected chi connectivity index (χ0v) is 10.7. The molecule has 2 nitrogen and oxygen atoms in total. The van der Waals surface area contributed by atoms with Gasteiger partial charge in [0.2, 0.25) is 0 Å². The Morgan fingerprint density at radius 3 is 2.60 bits per heavy atom. The zero-order chi connectivity index (χ0) is 10.1. The molecule has 15 heavy (non-hydrogen) atoms. The van der Waals surface area contributed by atoms with Crippen molar-refractivity contribution in [3.05, 3.63) is 40.5 Å². The van der Waals surface area contributed by atoms with Crippen LogP contribution in [0.4, 0.5) is 0 Å². The van der Waals surface area contributed by atoms with E-state index in [4.69, 9.17) is 5.73 Å². The van der Waals surface area contributed by atoms with Crippen molar-refractivity contribution in [2.24, 2.45) is 5.73 Å². The van der Waals surface area contributed by atoms with Crippen molar-refractivity contribution in [3.8, 4) is 0 Å². The molecule has 0 aliphatic carbocycles. The van der Waals surface area contributed by atoms with Gasteiger partial charge in [-0.1, -0.05) is 28.1 Å². The maximum atomic E-state index is 5.77. The monoisotopic (exact) mass is 286 g/mol. The summed E-state index contributed by atoms with van der Waals surface area (Å²) in [7, 11) is 0. The van der Waals surface area contributed by atoms with E-state index in [1.165, 1.54) is 0 Å². The average Bonchev–Trinajstić information content (AvgIpc) is 2.16. The zero-order valence-electron chi connectivity index (χ0n) is 8.27. The highest BCUT2D eigenvalue weighted by atomic mass is 79.9. The first-order chi connectivity index (χ1) is 6.66. The first-order valence-corrected chi connectivity index (χ1v) is 5.28. The van der Waals surface area contributed by atoms with Gasteiger partial charge in [-0.25, -0.2) is 0 Å². The lowest BCUT2D eigenvalue weighted by molar-refractivity contribution is 0.787. The molecule has 0 aliphatic heterocycles. The molecule has 2 N–H and O–H groups in total. The molecule has 0 saturated heterocycles. The van der Waals surface area contributed by atoms with Gasteiger partial charge in [0, 0.05) is 15.9 Å². The fraction of sp³-hybridized carbons (Fsp3) is 0.182. The molecule has 4 heteroatoms. The van der Waals surface area contributed by atoms with Gasteiger partial charge in [-0.2, -0.15) is 0 Å². The predicted molar refractivity (Wildman–Crippen MR) is 69.3 cm³/mol. The largest absolute Gasteiger partial charge is 0.323 e. The van der Waals surface area contributed by atoms with Crippen LogP contribution in [0.25, 0.3) is 10.9 Å². The van der Waals surface area contributed by atoms with Gasteiger partial charge in [-0.15, -0.1) is 12.4 Å². The van der Waals surface area contributed by atoms with E-state index >= 15 is 0 Å². The van der Waals surface area contributed by atoms with Crippen LogP contribution in [0.2, 0.25) is 0 Å². The van der Waals surface area contributed by atoms with E-state index in [9.17, 15) is 0 Å². The van der Waals surface area contributed by atoms with Crippen LogP contribution in [0, 0.1) is 0 Å². The summed E-state index contributed by atoms with van der Waals surface area (Å²) in [5.41, 5.74) is 7.68. The van der Waals surface area contributed by atoms with E-state index in [1.54, 1.807) is 0 Å². The summed E-state index contributed by atoms with van der Waals surface area (Å²) >= 11 is 3.42. The van der Waals surface area contributed by atoms with Crippen molar-refractivity contribution in [1.29, 1.82) is 0 Å². The van der Waals surface area contributed by atoms with Gasteiger partial charge < -0.3 is 5.73 Å². The molecule has 0 fully saturated rings. The van der Waals surface area contributed by atoms with Crippen molar-refractivity contribution in [1.82, 2.24) is 4.98 Å². The van der Waals surface area contributed by atoms with Crippen LogP contribution in [0.3, 0.4) is 0 Å². The van der Waals surface area contributed by atoms with Gasteiger partial charge in [0.05, 0.1) is 11.2 Å². The minimum absolute atomic E-state index is 0. The third-order valence-corrected chi connectivity index (χ3v) is 2.64. The van der Waals surface area contributed by atoms with Crippen molar-refractivity contribution in [3.63, 3.8) is 0 Å². The van der Waals surface area contributed by atoms with Crippen LogP contribution in [0.5, 0.6) is 0 Å². The maximum absolute atomic E-state index is 5.77. The van der Waals surface area contributed by atoms with Crippen LogP contribution < -0.4 is 5.73 Å². The van der Waals surface area contributed by atoms with E-state index < -0.39 is 0 Å². The Balaban J connectivity index is 0.00000112. The third-order valence-electron chi connectivity index (χ3n) is 2.14. The number of nitrogens with two attached hydrogens (primary N) is 1. The molecule has 0 bridgehead atoms. The van der Waals surface area contributed by atoms with Gasteiger partial charge in [-0.05, 0) is 25.1 Å². The summed E-state index contributed by atoms with van der Waals surface area (Å²) in [5.74, 6) is 0. The number of pyridine rings is 1. The van der Waals surface area contributed by atoms with Gasteiger partial charge in [0.1, 0.15) is 0 Å². The normalized spacial score (nSPS) is 12.2. The molecular formula is C11H12BrClN2. The van der Waals surface area contributed by atoms with Crippen LogP contribution in [-0.2, 0) is 0 Å². The third kappa shape index (κ3) is 2.68. The predicted octanol–water partition coefficient (Wildman–Crippen LogP) is 3.44. The van der Waals surface area contributed by atoms with Gasteiger partial charge in [0.25, 0.3) is 0 Å². The number of aromatic nitrogens is 1. The standard InChI is InChI=1S/C11H11BrN2.ClH/c1-7(13)10-5-3-8-2-4-9(12)6-11(8)14-10;/h2-7H,13H2,1H3;1H/t7-;/m1./s1. The topological polar surface area (TPSA) is 38.9 Å². The second kappa shape index (κ2) is 4.92. The highest BCUT2D eigenvalue weighted by molar-refractivity contribution is 9.10. The minimum Gasteiger partial charge on any atom is -0.323 e. The Bertz CT molecular complexity index is 471. The summed E-state index contributed by atoms with van der Waals surface area (Å²) < 4.78 is 1.04. The van der Waals surface area contributed by atoms with Crippen molar-refractivity contribution < 1.29 is 0 Å². The smallest absolute Gasteiger partial charge is 0.0717 e. The van der Waals surface area contributed by atoms with Gasteiger partial charge >= 0.3 is 0 Å². The van der Waals surface area contributed by atoms with E-state index in [-0.39, 0.29) is 18.4 Å². The molecule has 80 valence electrons. The highest BCUT2D eigenvalue weighted by Crippen LogP contribution is 2.19. The Kier molecular flexibility index (Phi) is 4.08. The Labute approximate surface area is 103 Å². The van der Waals surface area contributed by atoms with Crippen molar-refractivity contribution in [2.75, 3.05) is 0 Å². The molecule has 1 heterocycles. The molecule has 0 unspecified atom stereocenters. The number of hydrogen-bond acceptors (Lipinski definition) is 2. The van der Waals surface area contributed by atoms with Gasteiger partial charge in [-0.3, -0.25) is 4.98 Å². The molecule has 2 rings (SSSR count). The molecule has 2 aromatic rings. The van der Waals surface area contributed by atoms with Crippen molar-refractivity contribution >= 4 is 39.2 Å². The van der Waals surface area contributed by atoms with Crippen LogP contribution in [0.1, 0.15) is 18.7 Å². The number of halogens is 2.